The minimum atomic E-state index is -4.35. The SMILES string of the molecule is COc1cccc(C(=O)N2CC[NH+](Cc3ccccc3C(F)(F)F)CC2)c1. The summed E-state index contributed by atoms with van der Waals surface area (Å²) in [5, 5.41) is 0. The Morgan fingerprint density at radius 1 is 1.11 bits per heavy atom. The second-order valence-corrected chi connectivity index (χ2v) is 6.61. The Labute approximate surface area is 156 Å². The number of amides is 1. The van der Waals surface area contributed by atoms with Gasteiger partial charge < -0.3 is 14.5 Å². The van der Waals surface area contributed by atoms with Gasteiger partial charge in [0, 0.05) is 11.1 Å². The largest absolute Gasteiger partial charge is 0.497 e. The minimum Gasteiger partial charge on any atom is -0.497 e. The van der Waals surface area contributed by atoms with Crippen LogP contribution in [0.4, 0.5) is 13.2 Å². The van der Waals surface area contributed by atoms with E-state index in [2.05, 4.69) is 0 Å². The van der Waals surface area contributed by atoms with Crippen molar-refractivity contribution in [1.29, 1.82) is 0 Å². The molecule has 1 heterocycles. The zero-order valence-electron chi connectivity index (χ0n) is 15.1. The summed E-state index contributed by atoms with van der Waals surface area (Å²) in [5.41, 5.74) is 0.278. The number of alkyl halides is 3. The second-order valence-electron chi connectivity index (χ2n) is 6.61. The molecule has 1 fully saturated rings. The summed E-state index contributed by atoms with van der Waals surface area (Å²) < 4.78 is 44.6. The standard InChI is InChI=1S/C20H21F3N2O2/c1-27-17-7-4-6-15(13-17)19(26)25-11-9-24(10-12-25)14-16-5-2-3-8-18(16)20(21,22)23/h2-8,13H,9-12,14H2,1H3/p+1. The van der Waals surface area contributed by atoms with Crippen LogP contribution in [0.1, 0.15) is 21.5 Å². The van der Waals surface area contributed by atoms with Crippen molar-refractivity contribution in [3.8, 4) is 5.75 Å². The molecule has 2 aromatic carbocycles. The van der Waals surface area contributed by atoms with Gasteiger partial charge in [-0.2, -0.15) is 13.2 Å². The Kier molecular flexibility index (Phi) is 5.70. The zero-order chi connectivity index (χ0) is 19.4. The van der Waals surface area contributed by atoms with Crippen molar-refractivity contribution in [3.63, 3.8) is 0 Å². The lowest BCUT2D eigenvalue weighted by Gasteiger charge is -2.32. The summed E-state index contributed by atoms with van der Waals surface area (Å²) >= 11 is 0. The Bertz CT molecular complexity index is 800. The lowest BCUT2D eigenvalue weighted by atomic mass is 10.1. The average Bonchev–Trinajstić information content (AvgIpc) is 2.67. The highest BCUT2D eigenvalue weighted by atomic mass is 19.4. The summed E-state index contributed by atoms with van der Waals surface area (Å²) in [6.07, 6.45) is -4.35. The molecule has 0 bridgehead atoms. The van der Waals surface area contributed by atoms with Gasteiger partial charge in [0.1, 0.15) is 12.3 Å². The maximum atomic E-state index is 13.1. The van der Waals surface area contributed by atoms with Crippen LogP contribution in [0.3, 0.4) is 0 Å². The smallest absolute Gasteiger partial charge is 0.416 e. The quantitative estimate of drug-likeness (QED) is 0.884. The van der Waals surface area contributed by atoms with Gasteiger partial charge in [-0.15, -0.1) is 0 Å². The highest BCUT2D eigenvalue weighted by molar-refractivity contribution is 5.94. The van der Waals surface area contributed by atoms with Crippen molar-refractivity contribution in [2.45, 2.75) is 12.7 Å². The van der Waals surface area contributed by atoms with Crippen LogP contribution in [0.15, 0.2) is 48.5 Å². The summed E-state index contributed by atoms with van der Waals surface area (Å²) in [6, 6.07) is 12.7. The number of ether oxygens (including phenoxy) is 1. The Hall–Kier alpha value is -2.54. The van der Waals surface area contributed by atoms with Crippen LogP contribution in [-0.2, 0) is 12.7 Å². The van der Waals surface area contributed by atoms with E-state index in [1.165, 1.54) is 12.1 Å². The maximum Gasteiger partial charge on any atom is 0.416 e. The molecule has 1 saturated heterocycles. The van der Waals surface area contributed by atoms with Crippen molar-refractivity contribution in [2.75, 3.05) is 33.3 Å². The molecule has 2 aromatic rings. The minimum absolute atomic E-state index is 0.0800. The summed E-state index contributed by atoms with van der Waals surface area (Å²) in [4.78, 5) is 15.4. The van der Waals surface area contributed by atoms with Gasteiger partial charge in [0.05, 0.1) is 38.9 Å². The molecule has 27 heavy (non-hydrogen) atoms. The molecular weight excluding hydrogens is 357 g/mol. The molecule has 0 aromatic heterocycles. The van der Waals surface area contributed by atoms with Crippen molar-refractivity contribution in [3.05, 3.63) is 65.2 Å². The summed E-state index contributed by atoms with van der Waals surface area (Å²) in [5.74, 6) is 0.539. The van der Waals surface area contributed by atoms with E-state index in [-0.39, 0.29) is 5.91 Å². The Morgan fingerprint density at radius 2 is 1.81 bits per heavy atom. The number of nitrogens with one attached hydrogen (secondary N) is 1. The Balaban J connectivity index is 1.62. The van der Waals surface area contributed by atoms with Crippen molar-refractivity contribution in [2.24, 2.45) is 0 Å². The molecule has 1 amide bonds. The molecule has 0 saturated carbocycles. The van der Waals surface area contributed by atoms with E-state index >= 15 is 0 Å². The van der Waals surface area contributed by atoms with Gasteiger partial charge in [0.15, 0.2) is 0 Å². The summed E-state index contributed by atoms with van der Waals surface area (Å²) in [7, 11) is 1.55. The highest BCUT2D eigenvalue weighted by Crippen LogP contribution is 2.31. The average molecular weight is 379 g/mol. The van der Waals surface area contributed by atoms with Crippen LogP contribution in [0.25, 0.3) is 0 Å². The van der Waals surface area contributed by atoms with Crippen LogP contribution in [0.5, 0.6) is 5.75 Å². The number of piperazine rings is 1. The zero-order valence-corrected chi connectivity index (χ0v) is 15.1. The number of carbonyl (C=O) groups excluding carboxylic acids is 1. The number of carbonyl (C=O) groups is 1. The monoisotopic (exact) mass is 379 g/mol. The number of methoxy groups -OCH3 is 1. The fraction of sp³-hybridized carbons (Fsp3) is 0.350. The van der Waals surface area contributed by atoms with Crippen LogP contribution >= 0.6 is 0 Å². The van der Waals surface area contributed by atoms with Gasteiger partial charge >= 0.3 is 6.18 Å². The first-order valence-electron chi connectivity index (χ1n) is 8.80. The molecule has 0 atom stereocenters. The molecule has 0 radical (unpaired) electrons. The van der Waals surface area contributed by atoms with Crippen molar-refractivity contribution in [1.82, 2.24) is 4.90 Å². The fourth-order valence-electron chi connectivity index (χ4n) is 3.36. The third-order valence-corrected chi connectivity index (χ3v) is 4.84. The van der Waals surface area contributed by atoms with Crippen molar-refractivity contribution < 1.29 is 27.6 Å². The topological polar surface area (TPSA) is 34.0 Å². The van der Waals surface area contributed by atoms with E-state index in [9.17, 15) is 18.0 Å². The van der Waals surface area contributed by atoms with Gasteiger partial charge in [-0.25, -0.2) is 0 Å². The molecule has 1 N–H and O–H groups in total. The molecule has 144 valence electrons. The number of benzene rings is 2. The first kappa shape index (κ1) is 19.2. The van der Waals surface area contributed by atoms with E-state index in [0.29, 0.717) is 49.6 Å². The molecule has 3 rings (SSSR count). The first-order chi connectivity index (χ1) is 12.9. The third-order valence-electron chi connectivity index (χ3n) is 4.84. The maximum absolute atomic E-state index is 13.1. The van der Waals surface area contributed by atoms with Gasteiger partial charge in [-0.1, -0.05) is 24.3 Å². The van der Waals surface area contributed by atoms with E-state index in [1.54, 1.807) is 42.3 Å². The molecule has 1 aliphatic heterocycles. The van der Waals surface area contributed by atoms with Crippen LogP contribution in [0.2, 0.25) is 0 Å². The molecule has 0 aliphatic carbocycles. The predicted octanol–water partition coefficient (Wildman–Crippen LogP) is 2.25. The lowest BCUT2D eigenvalue weighted by Crippen LogP contribution is -3.13. The fourth-order valence-corrected chi connectivity index (χ4v) is 3.36. The van der Waals surface area contributed by atoms with Crippen molar-refractivity contribution >= 4 is 5.91 Å². The van der Waals surface area contributed by atoms with E-state index < -0.39 is 11.7 Å². The van der Waals surface area contributed by atoms with Gasteiger partial charge in [-0.3, -0.25) is 4.79 Å². The van der Waals surface area contributed by atoms with E-state index in [1.807, 2.05) is 0 Å². The Morgan fingerprint density at radius 3 is 2.48 bits per heavy atom. The molecule has 1 aliphatic rings. The highest BCUT2D eigenvalue weighted by Gasteiger charge is 2.34. The normalized spacial score (nSPS) is 15.6. The first-order valence-corrected chi connectivity index (χ1v) is 8.80. The van der Waals surface area contributed by atoms with Crippen LogP contribution < -0.4 is 9.64 Å². The number of rotatable bonds is 4. The van der Waals surface area contributed by atoms with Gasteiger partial charge in [0.2, 0.25) is 0 Å². The van der Waals surface area contributed by atoms with Crippen LogP contribution in [-0.4, -0.2) is 44.1 Å². The molecule has 0 spiro atoms. The van der Waals surface area contributed by atoms with E-state index in [0.717, 1.165) is 11.0 Å². The van der Waals surface area contributed by atoms with Gasteiger partial charge in [-0.05, 0) is 24.3 Å². The number of quaternary nitrogens is 1. The number of halogens is 3. The third kappa shape index (κ3) is 4.60. The van der Waals surface area contributed by atoms with Crippen LogP contribution in [0, 0.1) is 0 Å². The predicted molar refractivity (Wildman–Crippen MR) is 94.7 cm³/mol. The number of nitrogens with zero attached hydrogens (tertiary/aromatic N) is 1. The molecule has 4 nitrogen and oxygen atoms in total. The summed E-state index contributed by atoms with van der Waals surface area (Å²) in [6.45, 7) is 2.56. The van der Waals surface area contributed by atoms with E-state index in [4.69, 9.17) is 4.74 Å². The van der Waals surface area contributed by atoms with Gasteiger partial charge in [0.25, 0.3) is 5.91 Å². The number of hydrogen-bond donors (Lipinski definition) is 1. The second kappa shape index (κ2) is 8.00. The molecule has 7 heteroatoms. The lowest BCUT2D eigenvalue weighted by molar-refractivity contribution is -0.917. The molecular formula is C20H22F3N2O2+. The number of hydrogen-bond acceptors (Lipinski definition) is 2. The molecule has 0 unspecified atom stereocenters.